The molecule has 0 amide bonds. The third-order valence-electron chi connectivity index (χ3n) is 2.61. The van der Waals surface area contributed by atoms with Gasteiger partial charge in [0.15, 0.2) is 0 Å². The average Bonchev–Trinajstić information content (AvgIpc) is 2.80. The number of thiophene rings is 1. The highest BCUT2D eigenvalue weighted by atomic mass is 32.2. The summed E-state index contributed by atoms with van der Waals surface area (Å²) in [5, 5.41) is 11.7. The van der Waals surface area contributed by atoms with Crippen LogP contribution in [0.4, 0.5) is 0 Å². The Labute approximate surface area is 126 Å². The largest absolute Gasteiger partial charge is 0.478 e. The molecule has 2 heterocycles. The first kappa shape index (κ1) is 14.8. The van der Waals surface area contributed by atoms with Gasteiger partial charge in [0, 0.05) is 22.4 Å². The van der Waals surface area contributed by atoms with Gasteiger partial charge in [-0.1, -0.05) is 0 Å². The van der Waals surface area contributed by atoms with E-state index in [-0.39, 0.29) is 0 Å². The molecule has 0 saturated heterocycles. The van der Waals surface area contributed by atoms with Crippen LogP contribution in [0.25, 0.3) is 6.08 Å². The van der Waals surface area contributed by atoms with Gasteiger partial charge in [-0.2, -0.15) is 0 Å². The SMILES string of the molecule is Cc1cc(C)nc(SCc2sccc2/C=C/C(=O)O)c1. The van der Waals surface area contributed by atoms with Crippen molar-refractivity contribution >= 4 is 35.1 Å². The van der Waals surface area contributed by atoms with Crippen LogP contribution < -0.4 is 0 Å². The maximum atomic E-state index is 10.6. The minimum absolute atomic E-state index is 0.798. The molecular formula is C15H15NO2S2. The van der Waals surface area contributed by atoms with Gasteiger partial charge in [0.05, 0.1) is 5.03 Å². The molecule has 0 fully saturated rings. The standard InChI is InChI=1S/C15H15NO2S2/c1-10-7-11(2)16-14(8-10)20-9-13-12(5-6-19-13)3-4-15(17)18/h3-8H,9H2,1-2H3,(H,17,18)/b4-3+. The topological polar surface area (TPSA) is 50.2 Å². The Kier molecular flexibility index (Phi) is 4.98. The lowest BCUT2D eigenvalue weighted by Crippen LogP contribution is -1.88. The third-order valence-corrected chi connectivity index (χ3v) is 4.67. The summed E-state index contributed by atoms with van der Waals surface area (Å²) in [6, 6.07) is 6.06. The van der Waals surface area contributed by atoms with Crippen molar-refractivity contribution in [2.45, 2.75) is 24.6 Å². The quantitative estimate of drug-likeness (QED) is 0.666. The maximum absolute atomic E-state index is 10.6. The number of pyridine rings is 1. The van der Waals surface area contributed by atoms with Gasteiger partial charge in [0.2, 0.25) is 0 Å². The molecule has 0 aliphatic heterocycles. The number of carboxylic acids is 1. The molecule has 104 valence electrons. The molecule has 2 aromatic rings. The van der Waals surface area contributed by atoms with Crippen LogP contribution in [0.3, 0.4) is 0 Å². The van der Waals surface area contributed by atoms with Crippen molar-refractivity contribution in [1.82, 2.24) is 4.98 Å². The van der Waals surface area contributed by atoms with E-state index >= 15 is 0 Å². The van der Waals surface area contributed by atoms with Gasteiger partial charge < -0.3 is 5.11 Å². The molecule has 2 rings (SSSR count). The van der Waals surface area contributed by atoms with E-state index in [4.69, 9.17) is 5.11 Å². The van der Waals surface area contributed by atoms with Crippen molar-refractivity contribution in [2.24, 2.45) is 0 Å². The monoisotopic (exact) mass is 305 g/mol. The number of hydrogen-bond donors (Lipinski definition) is 1. The van der Waals surface area contributed by atoms with Crippen LogP contribution in [0.2, 0.25) is 0 Å². The first-order chi connectivity index (χ1) is 9.54. The Morgan fingerprint density at radius 3 is 2.95 bits per heavy atom. The number of thioether (sulfide) groups is 1. The molecule has 5 heteroatoms. The number of rotatable bonds is 5. The van der Waals surface area contributed by atoms with Gasteiger partial charge in [-0.15, -0.1) is 23.1 Å². The number of aromatic nitrogens is 1. The van der Waals surface area contributed by atoms with E-state index in [9.17, 15) is 4.79 Å². The van der Waals surface area contributed by atoms with Crippen LogP contribution in [-0.2, 0) is 10.5 Å². The number of carbonyl (C=O) groups is 1. The summed E-state index contributed by atoms with van der Waals surface area (Å²) in [6.45, 7) is 4.05. The number of nitrogens with zero attached hydrogens (tertiary/aromatic N) is 1. The summed E-state index contributed by atoms with van der Waals surface area (Å²) in [7, 11) is 0. The fraction of sp³-hybridized carbons (Fsp3) is 0.200. The van der Waals surface area contributed by atoms with Crippen molar-refractivity contribution < 1.29 is 9.90 Å². The van der Waals surface area contributed by atoms with Crippen molar-refractivity contribution in [2.75, 3.05) is 0 Å². The zero-order valence-electron chi connectivity index (χ0n) is 11.3. The number of hydrogen-bond acceptors (Lipinski definition) is 4. The predicted molar refractivity (Wildman–Crippen MR) is 84.3 cm³/mol. The fourth-order valence-electron chi connectivity index (χ4n) is 1.80. The second kappa shape index (κ2) is 6.72. The van der Waals surface area contributed by atoms with Crippen LogP contribution in [0.15, 0.2) is 34.7 Å². The van der Waals surface area contributed by atoms with E-state index in [1.165, 1.54) is 11.6 Å². The van der Waals surface area contributed by atoms with E-state index in [1.54, 1.807) is 29.2 Å². The van der Waals surface area contributed by atoms with Crippen LogP contribution in [0, 0.1) is 13.8 Å². The summed E-state index contributed by atoms with van der Waals surface area (Å²) in [5.74, 6) is -0.127. The van der Waals surface area contributed by atoms with Crippen LogP contribution in [-0.4, -0.2) is 16.1 Å². The molecule has 2 aromatic heterocycles. The first-order valence-electron chi connectivity index (χ1n) is 6.10. The summed E-state index contributed by atoms with van der Waals surface area (Å²) >= 11 is 3.31. The van der Waals surface area contributed by atoms with Crippen molar-refractivity contribution in [1.29, 1.82) is 0 Å². The van der Waals surface area contributed by atoms with Gasteiger partial charge in [0.1, 0.15) is 0 Å². The number of carboxylic acid groups (broad SMARTS) is 1. The molecule has 0 aliphatic rings. The van der Waals surface area contributed by atoms with Crippen molar-refractivity contribution in [3.05, 3.63) is 51.4 Å². The molecule has 0 unspecified atom stereocenters. The highest BCUT2D eigenvalue weighted by molar-refractivity contribution is 7.98. The number of aryl methyl sites for hydroxylation is 2. The molecule has 0 aliphatic carbocycles. The zero-order valence-corrected chi connectivity index (χ0v) is 12.9. The van der Waals surface area contributed by atoms with E-state index in [1.807, 2.05) is 18.4 Å². The molecule has 0 saturated carbocycles. The van der Waals surface area contributed by atoms with Gasteiger partial charge >= 0.3 is 5.97 Å². The van der Waals surface area contributed by atoms with Crippen LogP contribution in [0.5, 0.6) is 0 Å². The average molecular weight is 305 g/mol. The Hall–Kier alpha value is -1.59. The fourth-order valence-corrected chi connectivity index (χ4v) is 3.82. The summed E-state index contributed by atoms with van der Waals surface area (Å²) in [6.07, 6.45) is 2.81. The second-order valence-electron chi connectivity index (χ2n) is 4.38. The molecule has 0 atom stereocenters. The smallest absolute Gasteiger partial charge is 0.328 e. The zero-order chi connectivity index (χ0) is 14.5. The molecular weight excluding hydrogens is 290 g/mol. The Morgan fingerprint density at radius 2 is 2.25 bits per heavy atom. The van der Waals surface area contributed by atoms with Crippen molar-refractivity contribution in [3.8, 4) is 0 Å². The highest BCUT2D eigenvalue weighted by Crippen LogP contribution is 2.28. The van der Waals surface area contributed by atoms with E-state index in [0.717, 1.165) is 26.9 Å². The van der Waals surface area contributed by atoms with Crippen molar-refractivity contribution in [3.63, 3.8) is 0 Å². The lowest BCUT2D eigenvalue weighted by Gasteiger charge is -2.03. The molecule has 0 aromatic carbocycles. The van der Waals surface area contributed by atoms with E-state index < -0.39 is 5.97 Å². The van der Waals surface area contributed by atoms with E-state index in [2.05, 4.69) is 24.0 Å². The molecule has 0 radical (unpaired) electrons. The molecule has 3 nitrogen and oxygen atoms in total. The Bertz CT molecular complexity index is 627. The van der Waals surface area contributed by atoms with Crippen LogP contribution in [0.1, 0.15) is 21.7 Å². The Balaban J connectivity index is 2.07. The summed E-state index contributed by atoms with van der Waals surface area (Å²) in [5.41, 5.74) is 3.19. The van der Waals surface area contributed by atoms with Gasteiger partial charge in [0.25, 0.3) is 0 Å². The lowest BCUT2D eigenvalue weighted by atomic mass is 10.2. The molecule has 0 spiro atoms. The lowest BCUT2D eigenvalue weighted by molar-refractivity contribution is -0.131. The van der Waals surface area contributed by atoms with Gasteiger partial charge in [-0.25, -0.2) is 9.78 Å². The normalized spacial score (nSPS) is 11.1. The maximum Gasteiger partial charge on any atom is 0.328 e. The predicted octanol–water partition coefficient (Wildman–Crippen LogP) is 4.15. The highest BCUT2D eigenvalue weighted by Gasteiger charge is 2.05. The molecule has 1 N–H and O–H groups in total. The summed E-state index contributed by atoms with van der Waals surface area (Å²) < 4.78 is 0. The van der Waals surface area contributed by atoms with Gasteiger partial charge in [-0.05, 0) is 54.6 Å². The third kappa shape index (κ3) is 4.21. The first-order valence-corrected chi connectivity index (χ1v) is 7.96. The van der Waals surface area contributed by atoms with E-state index in [0.29, 0.717) is 0 Å². The second-order valence-corrected chi connectivity index (χ2v) is 6.38. The Morgan fingerprint density at radius 1 is 1.45 bits per heavy atom. The minimum atomic E-state index is -0.925. The number of aliphatic carboxylic acids is 1. The van der Waals surface area contributed by atoms with Gasteiger partial charge in [-0.3, -0.25) is 0 Å². The summed E-state index contributed by atoms with van der Waals surface area (Å²) in [4.78, 5) is 16.2. The molecule has 0 bridgehead atoms. The molecule has 20 heavy (non-hydrogen) atoms. The minimum Gasteiger partial charge on any atom is -0.478 e. The van der Waals surface area contributed by atoms with Crippen LogP contribution >= 0.6 is 23.1 Å².